The van der Waals surface area contributed by atoms with Gasteiger partial charge in [-0.1, -0.05) is 50.5 Å². The van der Waals surface area contributed by atoms with Gasteiger partial charge in [-0.25, -0.2) is 4.79 Å². The molecule has 0 saturated carbocycles. The molecule has 0 spiro atoms. The zero-order chi connectivity index (χ0) is 19.7. The molecule has 1 aromatic carbocycles. The number of nitrogens with one attached hydrogen (secondary N) is 1. The van der Waals surface area contributed by atoms with Gasteiger partial charge >= 0.3 is 5.97 Å². The van der Waals surface area contributed by atoms with Crippen molar-refractivity contribution in [1.82, 2.24) is 0 Å². The van der Waals surface area contributed by atoms with Gasteiger partial charge in [0.2, 0.25) is 0 Å². The van der Waals surface area contributed by atoms with E-state index in [1.165, 1.54) is 0 Å². The molecule has 6 heteroatoms. The maximum atomic E-state index is 12.7. The van der Waals surface area contributed by atoms with E-state index in [1.54, 1.807) is 0 Å². The van der Waals surface area contributed by atoms with E-state index in [2.05, 4.69) is 61.2 Å². The van der Waals surface area contributed by atoms with E-state index in [1.807, 2.05) is 26.0 Å². The van der Waals surface area contributed by atoms with Crippen LogP contribution in [0.1, 0.15) is 40.2 Å². The fourth-order valence-electron chi connectivity index (χ4n) is 2.67. The van der Waals surface area contributed by atoms with Crippen LogP contribution in [0.3, 0.4) is 0 Å². The topological polar surface area (TPSA) is 47.6 Å². The highest BCUT2D eigenvalue weighted by atomic mass is 79.9. The number of carbonyl (C=O) groups excluding carboxylic acids is 1. The van der Waals surface area contributed by atoms with Crippen molar-refractivity contribution in [2.24, 2.45) is 5.92 Å². The number of ether oxygens (including phenoxy) is 1. The van der Waals surface area contributed by atoms with Gasteiger partial charge in [0.05, 0.1) is 6.61 Å². The van der Waals surface area contributed by atoms with Crippen molar-refractivity contribution in [3.8, 4) is 0 Å². The Hall–Kier alpha value is -0.853. The Morgan fingerprint density at radius 2 is 2.00 bits per heavy atom. The van der Waals surface area contributed by atoms with Crippen molar-refractivity contribution in [2.75, 3.05) is 11.9 Å². The Morgan fingerprint density at radius 1 is 1.35 bits per heavy atom. The lowest BCUT2D eigenvalue weighted by Gasteiger charge is -2.38. The largest absolute Gasteiger partial charge is 0.458 e. The molecule has 2 atom stereocenters. The summed E-state index contributed by atoms with van der Waals surface area (Å²) in [5, 5.41) is 3.49. The van der Waals surface area contributed by atoms with Gasteiger partial charge in [0.15, 0.2) is 8.32 Å². The molecule has 26 heavy (non-hydrogen) atoms. The predicted molar refractivity (Wildman–Crippen MR) is 113 cm³/mol. The molecule has 0 unspecified atom stereocenters. The van der Waals surface area contributed by atoms with E-state index in [0.29, 0.717) is 13.0 Å². The first-order chi connectivity index (χ1) is 11.9. The summed E-state index contributed by atoms with van der Waals surface area (Å²) in [4.78, 5) is 12.7. The summed E-state index contributed by atoms with van der Waals surface area (Å²) in [6.07, 6.45) is 0.375. The Labute approximate surface area is 167 Å². The van der Waals surface area contributed by atoms with Crippen LogP contribution in [0.2, 0.25) is 18.1 Å². The lowest BCUT2D eigenvalue weighted by Crippen LogP contribution is -2.46. The van der Waals surface area contributed by atoms with Crippen LogP contribution in [0.15, 0.2) is 22.7 Å². The van der Waals surface area contributed by atoms with Crippen molar-refractivity contribution >= 4 is 35.9 Å². The number of esters is 1. The molecule has 2 rings (SSSR count). The quantitative estimate of drug-likeness (QED) is 0.503. The van der Waals surface area contributed by atoms with Crippen LogP contribution in [0, 0.1) is 5.92 Å². The minimum atomic E-state index is -1.90. The number of rotatable bonds is 4. The smallest absolute Gasteiger partial charge is 0.329 e. The first-order valence-corrected chi connectivity index (χ1v) is 13.0. The van der Waals surface area contributed by atoms with Crippen LogP contribution in [0.25, 0.3) is 0 Å². The minimum Gasteiger partial charge on any atom is -0.458 e. The average molecular weight is 442 g/mol. The SMILES string of the molecule is CC(C)[C@@H]1Nc2ccc(Br)cc2C[C@@H](CO[Si](C)(C)C(C)(C)C)OC1=O. The van der Waals surface area contributed by atoms with Gasteiger partial charge in [-0.05, 0) is 47.8 Å². The summed E-state index contributed by atoms with van der Waals surface area (Å²) in [5.74, 6) is -0.0588. The van der Waals surface area contributed by atoms with Gasteiger partial charge in [0.1, 0.15) is 12.1 Å². The molecule has 0 fully saturated rings. The van der Waals surface area contributed by atoms with Gasteiger partial charge in [0, 0.05) is 16.6 Å². The summed E-state index contributed by atoms with van der Waals surface area (Å²) < 4.78 is 13.2. The predicted octanol–water partition coefficient (Wildman–Crippen LogP) is 5.38. The fraction of sp³-hybridized carbons (Fsp3) is 0.650. The Balaban J connectivity index is 2.26. The molecular formula is C20H32BrNO3Si. The van der Waals surface area contributed by atoms with Crippen LogP contribution in [0.5, 0.6) is 0 Å². The molecule has 0 saturated heterocycles. The van der Waals surface area contributed by atoms with Gasteiger partial charge < -0.3 is 14.5 Å². The molecule has 1 aliphatic rings. The van der Waals surface area contributed by atoms with E-state index in [4.69, 9.17) is 9.16 Å². The monoisotopic (exact) mass is 441 g/mol. The molecule has 0 aliphatic carbocycles. The second-order valence-corrected chi connectivity index (χ2v) is 14.7. The molecule has 1 N–H and O–H groups in total. The maximum Gasteiger partial charge on any atom is 0.329 e. The third kappa shape index (κ3) is 5.11. The number of benzene rings is 1. The maximum absolute atomic E-state index is 12.7. The summed E-state index contributed by atoms with van der Waals surface area (Å²) in [6.45, 7) is 15.6. The molecule has 1 heterocycles. The zero-order valence-electron chi connectivity index (χ0n) is 17.0. The molecule has 0 bridgehead atoms. The summed E-state index contributed by atoms with van der Waals surface area (Å²) >= 11 is 3.55. The lowest BCUT2D eigenvalue weighted by atomic mass is 9.99. The number of hydrogen-bond acceptors (Lipinski definition) is 4. The Bertz CT molecular complexity index is 655. The van der Waals surface area contributed by atoms with E-state index in [9.17, 15) is 4.79 Å². The number of cyclic esters (lactones) is 1. The van der Waals surface area contributed by atoms with Gasteiger partial charge in [-0.15, -0.1) is 0 Å². The highest BCUT2D eigenvalue weighted by Crippen LogP contribution is 2.37. The van der Waals surface area contributed by atoms with Crippen molar-refractivity contribution in [3.63, 3.8) is 0 Å². The van der Waals surface area contributed by atoms with Crippen molar-refractivity contribution in [3.05, 3.63) is 28.2 Å². The standard InChI is InChI=1S/C20H32BrNO3Si/c1-13(2)18-19(23)25-16(12-24-26(6,7)20(3,4)5)11-14-10-15(21)8-9-17(14)22-18/h8-10,13,16,18,22H,11-12H2,1-7H3/t16-,18-/m0/s1. The zero-order valence-corrected chi connectivity index (χ0v) is 19.6. The number of anilines is 1. The Kier molecular flexibility index (Phi) is 6.62. The van der Waals surface area contributed by atoms with Crippen LogP contribution in [-0.4, -0.2) is 33.0 Å². The molecule has 146 valence electrons. The van der Waals surface area contributed by atoms with Gasteiger partial charge in [0.25, 0.3) is 0 Å². The summed E-state index contributed by atoms with van der Waals surface area (Å²) in [6, 6.07) is 5.76. The number of hydrogen-bond donors (Lipinski definition) is 1. The van der Waals surface area contributed by atoms with Crippen LogP contribution in [-0.2, 0) is 20.4 Å². The van der Waals surface area contributed by atoms with Gasteiger partial charge in [-0.2, -0.15) is 0 Å². The third-order valence-corrected chi connectivity index (χ3v) is 10.5. The normalized spacial score (nSPS) is 21.5. The van der Waals surface area contributed by atoms with Crippen LogP contribution in [0.4, 0.5) is 5.69 Å². The molecule has 1 aliphatic heterocycles. The first kappa shape index (κ1) is 21.4. The number of fused-ring (bicyclic) bond motifs is 1. The van der Waals surface area contributed by atoms with E-state index < -0.39 is 8.32 Å². The molecule has 1 aromatic rings. The Morgan fingerprint density at radius 3 is 2.58 bits per heavy atom. The third-order valence-electron chi connectivity index (χ3n) is 5.47. The number of halogens is 1. The molecule has 4 nitrogen and oxygen atoms in total. The van der Waals surface area contributed by atoms with E-state index >= 15 is 0 Å². The van der Waals surface area contributed by atoms with Crippen LogP contribution < -0.4 is 5.32 Å². The second kappa shape index (κ2) is 8.03. The van der Waals surface area contributed by atoms with Crippen molar-refractivity contribution in [2.45, 2.75) is 71.3 Å². The molecular weight excluding hydrogens is 410 g/mol. The summed E-state index contributed by atoms with van der Waals surface area (Å²) in [5.41, 5.74) is 2.14. The van der Waals surface area contributed by atoms with E-state index in [-0.39, 0.29) is 29.1 Å². The average Bonchev–Trinajstić information content (AvgIpc) is 2.48. The minimum absolute atomic E-state index is 0.127. The molecule has 0 aromatic heterocycles. The van der Waals surface area contributed by atoms with Crippen molar-refractivity contribution in [1.29, 1.82) is 0 Å². The molecule has 0 amide bonds. The number of carbonyl (C=O) groups is 1. The van der Waals surface area contributed by atoms with Crippen LogP contribution >= 0.6 is 15.9 Å². The van der Waals surface area contributed by atoms with E-state index in [0.717, 1.165) is 15.7 Å². The van der Waals surface area contributed by atoms with Gasteiger partial charge in [-0.3, -0.25) is 0 Å². The first-order valence-electron chi connectivity index (χ1n) is 9.30. The summed E-state index contributed by atoms with van der Waals surface area (Å²) in [7, 11) is -1.90. The van der Waals surface area contributed by atoms with Crippen molar-refractivity contribution < 1.29 is 14.0 Å². The molecule has 0 radical (unpaired) electrons. The highest BCUT2D eigenvalue weighted by Gasteiger charge is 2.38. The lowest BCUT2D eigenvalue weighted by molar-refractivity contribution is -0.152. The highest BCUT2D eigenvalue weighted by molar-refractivity contribution is 9.10. The fourth-order valence-corrected chi connectivity index (χ4v) is 4.12. The second-order valence-electron chi connectivity index (χ2n) is 9.00.